The Morgan fingerprint density at radius 3 is 2.72 bits per heavy atom. The van der Waals surface area contributed by atoms with E-state index in [9.17, 15) is 9.59 Å². The van der Waals surface area contributed by atoms with E-state index in [0.29, 0.717) is 29.6 Å². The van der Waals surface area contributed by atoms with Gasteiger partial charge in [0.2, 0.25) is 11.8 Å². The number of hydrogen-bond acceptors (Lipinski definition) is 4. The molecule has 1 aliphatic rings. The van der Waals surface area contributed by atoms with Gasteiger partial charge in [0.15, 0.2) is 0 Å². The van der Waals surface area contributed by atoms with Crippen LogP contribution in [0, 0.1) is 0 Å². The average Bonchev–Trinajstić information content (AvgIpc) is 3.51. The molecule has 1 aliphatic heterocycles. The molecule has 0 spiro atoms. The first-order chi connectivity index (χ1) is 15.5. The molecule has 5 rings (SSSR count). The molecule has 4 aromatic rings. The van der Waals surface area contributed by atoms with E-state index in [0.717, 1.165) is 29.4 Å². The summed E-state index contributed by atoms with van der Waals surface area (Å²) in [7, 11) is 1.72. The van der Waals surface area contributed by atoms with Crippen LogP contribution < -0.4 is 5.69 Å². The minimum atomic E-state index is -0.229. The number of carbonyl (C=O) groups excluding carboxylic acids is 1. The van der Waals surface area contributed by atoms with Crippen LogP contribution in [-0.2, 0) is 24.8 Å². The molecule has 1 saturated heterocycles. The molecule has 164 valence electrons. The Bertz CT molecular complexity index is 1350. The molecular weight excluding hydrogens is 428 g/mol. The number of fused-ring (bicyclic) bond motifs is 1. The van der Waals surface area contributed by atoms with Gasteiger partial charge in [-0.2, -0.15) is 0 Å². The summed E-state index contributed by atoms with van der Waals surface area (Å²) in [5.41, 5.74) is 2.32. The molecule has 0 radical (unpaired) electrons. The fourth-order valence-corrected chi connectivity index (χ4v) is 4.65. The van der Waals surface area contributed by atoms with Crippen molar-refractivity contribution in [3.63, 3.8) is 0 Å². The van der Waals surface area contributed by atoms with Crippen LogP contribution >= 0.6 is 11.6 Å². The molecule has 0 N–H and O–H groups in total. The quantitative estimate of drug-likeness (QED) is 0.461. The first kappa shape index (κ1) is 20.6. The molecule has 8 heteroatoms. The molecule has 1 atom stereocenters. The number of rotatable bonds is 5. The van der Waals surface area contributed by atoms with E-state index in [1.807, 2.05) is 48.5 Å². The highest BCUT2D eigenvalue weighted by Crippen LogP contribution is 2.32. The van der Waals surface area contributed by atoms with Crippen LogP contribution in [0.15, 0.2) is 63.9 Å². The first-order valence-corrected chi connectivity index (χ1v) is 11.0. The SMILES string of the molecule is Cn1c(=O)n(CC(=O)N2CCCC2c2ncc(Cc3ccccc3Cl)o2)c2ccccc21. The third kappa shape index (κ3) is 3.62. The van der Waals surface area contributed by atoms with Crippen LogP contribution in [0.5, 0.6) is 0 Å². The largest absolute Gasteiger partial charge is 0.443 e. The van der Waals surface area contributed by atoms with Crippen LogP contribution in [0.25, 0.3) is 11.0 Å². The number of halogens is 1. The van der Waals surface area contributed by atoms with Gasteiger partial charge in [-0.1, -0.05) is 41.9 Å². The fourth-order valence-electron chi connectivity index (χ4n) is 4.45. The van der Waals surface area contributed by atoms with Crippen molar-refractivity contribution in [3.8, 4) is 0 Å². The highest BCUT2D eigenvalue weighted by molar-refractivity contribution is 6.31. The van der Waals surface area contributed by atoms with Crippen molar-refractivity contribution in [3.05, 3.63) is 87.4 Å². The summed E-state index contributed by atoms with van der Waals surface area (Å²) in [6, 6.07) is 14.9. The van der Waals surface area contributed by atoms with Crippen molar-refractivity contribution < 1.29 is 9.21 Å². The standard InChI is InChI=1S/C24H23ClN4O3/c1-27-19-9-4-5-10-20(19)29(24(27)31)15-22(30)28-12-6-11-21(28)23-26-14-17(32-23)13-16-7-2-3-8-18(16)25/h2-5,7-10,14,21H,6,11-13,15H2,1H3. The van der Waals surface area contributed by atoms with Gasteiger partial charge in [0.1, 0.15) is 18.3 Å². The summed E-state index contributed by atoms with van der Waals surface area (Å²) < 4.78 is 9.12. The zero-order valence-corrected chi connectivity index (χ0v) is 18.5. The molecule has 1 unspecified atom stereocenters. The van der Waals surface area contributed by atoms with Gasteiger partial charge in [-0.15, -0.1) is 0 Å². The number of carbonyl (C=O) groups is 1. The Kier molecular flexibility index (Phi) is 5.35. The summed E-state index contributed by atoms with van der Waals surface area (Å²) >= 11 is 6.26. The minimum absolute atomic E-state index is 0.0100. The van der Waals surface area contributed by atoms with Crippen molar-refractivity contribution in [1.82, 2.24) is 19.0 Å². The fraction of sp³-hybridized carbons (Fsp3) is 0.292. The molecular formula is C24H23ClN4O3. The topological polar surface area (TPSA) is 73.3 Å². The molecule has 0 bridgehead atoms. The number of benzene rings is 2. The molecule has 32 heavy (non-hydrogen) atoms. The van der Waals surface area contributed by atoms with Crippen molar-refractivity contribution in [2.24, 2.45) is 7.05 Å². The maximum atomic E-state index is 13.2. The van der Waals surface area contributed by atoms with Crippen LogP contribution in [0.3, 0.4) is 0 Å². The Labute approximate surface area is 189 Å². The number of nitrogens with zero attached hydrogens (tertiary/aromatic N) is 4. The van der Waals surface area contributed by atoms with Gasteiger partial charge in [0.05, 0.1) is 17.2 Å². The maximum absolute atomic E-state index is 13.2. The Morgan fingerprint density at radius 2 is 1.91 bits per heavy atom. The monoisotopic (exact) mass is 450 g/mol. The first-order valence-electron chi connectivity index (χ1n) is 10.6. The van der Waals surface area contributed by atoms with Crippen LogP contribution in [0.4, 0.5) is 0 Å². The second-order valence-corrected chi connectivity index (χ2v) is 8.50. The second kappa shape index (κ2) is 8.31. The van der Waals surface area contributed by atoms with E-state index in [-0.39, 0.29) is 24.2 Å². The van der Waals surface area contributed by atoms with Crippen LogP contribution in [-0.4, -0.2) is 31.5 Å². The zero-order valence-electron chi connectivity index (χ0n) is 17.7. The summed E-state index contributed by atoms with van der Waals surface area (Å²) in [6.07, 6.45) is 3.89. The van der Waals surface area contributed by atoms with E-state index in [2.05, 4.69) is 4.98 Å². The lowest BCUT2D eigenvalue weighted by atomic mass is 10.1. The Hall–Kier alpha value is -3.32. The van der Waals surface area contributed by atoms with Gasteiger partial charge in [-0.3, -0.25) is 13.9 Å². The summed E-state index contributed by atoms with van der Waals surface area (Å²) in [5, 5.41) is 0.684. The highest BCUT2D eigenvalue weighted by Gasteiger charge is 2.33. The third-order valence-corrected chi connectivity index (χ3v) is 6.47. The van der Waals surface area contributed by atoms with E-state index in [4.69, 9.17) is 16.0 Å². The van der Waals surface area contributed by atoms with Crippen molar-refractivity contribution in [2.45, 2.75) is 31.8 Å². The predicted molar refractivity (Wildman–Crippen MR) is 122 cm³/mol. The lowest BCUT2D eigenvalue weighted by Gasteiger charge is -2.22. The van der Waals surface area contributed by atoms with E-state index in [1.165, 1.54) is 4.57 Å². The summed E-state index contributed by atoms with van der Waals surface area (Å²) in [6.45, 7) is 0.606. The number of hydrogen-bond donors (Lipinski definition) is 0. The van der Waals surface area contributed by atoms with E-state index < -0.39 is 0 Å². The second-order valence-electron chi connectivity index (χ2n) is 8.09. The number of imidazole rings is 1. The number of likely N-dealkylation sites (tertiary alicyclic amines) is 1. The lowest BCUT2D eigenvalue weighted by Crippen LogP contribution is -2.36. The molecule has 0 aliphatic carbocycles. The maximum Gasteiger partial charge on any atom is 0.329 e. The smallest absolute Gasteiger partial charge is 0.329 e. The van der Waals surface area contributed by atoms with E-state index >= 15 is 0 Å². The molecule has 3 heterocycles. The Balaban J connectivity index is 1.36. The molecule has 0 saturated carbocycles. The summed E-state index contributed by atoms with van der Waals surface area (Å²) in [5.74, 6) is 1.12. The zero-order chi connectivity index (χ0) is 22.2. The highest BCUT2D eigenvalue weighted by atomic mass is 35.5. The predicted octanol–water partition coefficient (Wildman–Crippen LogP) is 3.94. The van der Waals surface area contributed by atoms with Gasteiger partial charge < -0.3 is 9.32 Å². The van der Waals surface area contributed by atoms with Crippen molar-refractivity contribution >= 4 is 28.5 Å². The number of aromatic nitrogens is 3. The van der Waals surface area contributed by atoms with Gasteiger partial charge >= 0.3 is 5.69 Å². The number of oxazole rings is 1. The van der Waals surface area contributed by atoms with Gasteiger partial charge in [0, 0.05) is 25.0 Å². The minimum Gasteiger partial charge on any atom is -0.443 e. The Morgan fingerprint density at radius 1 is 1.16 bits per heavy atom. The number of amides is 1. The molecule has 1 amide bonds. The number of aryl methyl sites for hydroxylation is 1. The van der Waals surface area contributed by atoms with Crippen molar-refractivity contribution in [1.29, 1.82) is 0 Å². The van der Waals surface area contributed by atoms with Gasteiger partial charge in [0.25, 0.3) is 0 Å². The molecule has 1 fully saturated rings. The van der Waals surface area contributed by atoms with E-state index in [1.54, 1.807) is 22.7 Å². The molecule has 7 nitrogen and oxygen atoms in total. The molecule has 2 aromatic heterocycles. The lowest BCUT2D eigenvalue weighted by molar-refractivity contribution is -0.133. The van der Waals surface area contributed by atoms with Crippen molar-refractivity contribution in [2.75, 3.05) is 6.54 Å². The van der Waals surface area contributed by atoms with Gasteiger partial charge in [-0.05, 0) is 36.6 Å². The van der Waals surface area contributed by atoms with Gasteiger partial charge in [-0.25, -0.2) is 9.78 Å². The average molecular weight is 451 g/mol. The number of para-hydroxylation sites is 2. The van der Waals surface area contributed by atoms with Crippen LogP contribution in [0.2, 0.25) is 5.02 Å². The summed E-state index contributed by atoms with van der Waals surface area (Å²) in [4.78, 5) is 32.2. The molecule has 2 aromatic carbocycles. The van der Waals surface area contributed by atoms with Crippen LogP contribution in [0.1, 0.15) is 36.1 Å². The third-order valence-electron chi connectivity index (χ3n) is 6.10. The normalized spacial score (nSPS) is 16.2.